The number of benzene rings is 2. The van der Waals surface area contributed by atoms with Crippen molar-refractivity contribution in [3.05, 3.63) is 47.7 Å². The Bertz CT molecular complexity index is 939. The first-order chi connectivity index (χ1) is 11.5. The van der Waals surface area contributed by atoms with E-state index in [0.29, 0.717) is 18.2 Å². The Morgan fingerprint density at radius 1 is 1.25 bits per heavy atom. The fourth-order valence-corrected chi connectivity index (χ4v) is 3.52. The van der Waals surface area contributed by atoms with Gasteiger partial charge in [0.15, 0.2) is 5.76 Å². The Labute approximate surface area is 141 Å². The molecular weight excluding hydrogens is 300 g/mol. The van der Waals surface area contributed by atoms with Crippen molar-refractivity contribution in [2.24, 2.45) is 11.7 Å². The van der Waals surface area contributed by atoms with Crippen LogP contribution in [0.4, 0.5) is 0 Å². The van der Waals surface area contributed by atoms with Crippen molar-refractivity contribution in [2.75, 3.05) is 6.54 Å². The van der Waals surface area contributed by atoms with E-state index >= 15 is 0 Å². The van der Waals surface area contributed by atoms with Crippen molar-refractivity contribution in [3.8, 4) is 0 Å². The maximum atomic E-state index is 12.8. The Balaban J connectivity index is 1.78. The number of carbonyl (C=O) groups is 1. The van der Waals surface area contributed by atoms with E-state index in [2.05, 4.69) is 11.4 Å². The van der Waals surface area contributed by atoms with E-state index in [0.717, 1.165) is 40.1 Å². The summed E-state index contributed by atoms with van der Waals surface area (Å²) in [6.07, 6.45) is 2.25. The summed E-state index contributed by atoms with van der Waals surface area (Å²) in [6.45, 7) is 4.40. The van der Waals surface area contributed by atoms with Gasteiger partial charge in [-0.15, -0.1) is 0 Å². The molecule has 1 fully saturated rings. The van der Waals surface area contributed by atoms with Crippen molar-refractivity contribution in [1.82, 2.24) is 5.32 Å². The standard InChI is InChI=1S/C20H22N2O2/c1-12-15-10-7-13-5-3-4-6-16(13)18(15)24-17(12)19(23)22-20(2,11-21)14-8-9-14/h3-7,10,14H,8-9,11,21H2,1-2H3,(H,22,23). The molecule has 1 unspecified atom stereocenters. The van der Waals surface area contributed by atoms with Gasteiger partial charge in [-0.3, -0.25) is 4.79 Å². The second kappa shape index (κ2) is 5.35. The predicted octanol–water partition coefficient (Wildman–Crippen LogP) is 3.75. The first-order valence-electron chi connectivity index (χ1n) is 8.47. The van der Waals surface area contributed by atoms with E-state index in [9.17, 15) is 4.79 Å². The average Bonchev–Trinajstić information content (AvgIpc) is 3.39. The van der Waals surface area contributed by atoms with Gasteiger partial charge in [-0.1, -0.05) is 36.4 Å². The molecule has 3 N–H and O–H groups in total. The van der Waals surface area contributed by atoms with Gasteiger partial charge in [-0.05, 0) is 38.0 Å². The third-order valence-electron chi connectivity index (χ3n) is 5.34. The summed E-state index contributed by atoms with van der Waals surface area (Å²) in [5.41, 5.74) is 7.21. The number of nitrogens with two attached hydrogens (primary N) is 1. The van der Waals surface area contributed by atoms with Gasteiger partial charge in [0.25, 0.3) is 5.91 Å². The highest BCUT2D eigenvalue weighted by molar-refractivity contribution is 6.09. The minimum atomic E-state index is -0.357. The number of carbonyl (C=O) groups excluding carboxylic acids is 1. The van der Waals surface area contributed by atoms with Crippen LogP contribution in [0, 0.1) is 12.8 Å². The molecule has 4 rings (SSSR count). The lowest BCUT2D eigenvalue weighted by Gasteiger charge is -2.29. The Morgan fingerprint density at radius 2 is 2.00 bits per heavy atom. The van der Waals surface area contributed by atoms with Crippen molar-refractivity contribution in [3.63, 3.8) is 0 Å². The molecule has 1 saturated carbocycles. The fraction of sp³-hybridized carbons (Fsp3) is 0.350. The van der Waals surface area contributed by atoms with Crippen LogP contribution in [-0.2, 0) is 0 Å². The summed E-state index contributed by atoms with van der Waals surface area (Å²) >= 11 is 0. The monoisotopic (exact) mass is 322 g/mol. The molecule has 3 aromatic rings. The van der Waals surface area contributed by atoms with E-state index in [4.69, 9.17) is 10.2 Å². The highest BCUT2D eigenvalue weighted by Gasteiger charge is 2.42. The topological polar surface area (TPSA) is 68.3 Å². The number of hydrogen-bond donors (Lipinski definition) is 2. The lowest BCUT2D eigenvalue weighted by Crippen LogP contribution is -2.53. The highest BCUT2D eigenvalue weighted by Crippen LogP contribution is 2.39. The fourth-order valence-electron chi connectivity index (χ4n) is 3.52. The first kappa shape index (κ1) is 15.2. The molecule has 0 aliphatic heterocycles. The smallest absolute Gasteiger partial charge is 0.287 e. The van der Waals surface area contributed by atoms with Gasteiger partial charge in [-0.25, -0.2) is 0 Å². The molecule has 0 radical (unpaired) electrons. The number of amides is 1. The summed E-state index contributed by atoms with van der Waals surface area (Å²) < 4.78 is 6.01. The number of furan rings is 1. The van der Waals surface area contributed by atoms with Gasteiger partial charge in [0.1, 0.15) is 5.58 Å². The number of hydrogen-bond acceptors (Lipinski definition) is 3. The van der Waals surface area contributed by atoms with E-state index in [1.165, 1.54) is 0 Å². The molecule has 1 aliphatic carbocycles. The Kier molecular flexibility index (Phi) is 3.39. The second-order valence-electron chi connectivity index (χ2n) is 7.07. The van der Waals surface area contributed by atoms with Gasteiger partial charge in [-0.2, -0.15) is 0 Å². The molecule has 1 heterocycles. The normalized spacial score (nSPS) is 17.1. The number of nitrogens with one attached hydrogen (secondary N) is 1. The minimum absolute atomic E-state index is 0.173. The zero-order valence-corrected chi connectivity index (χ0v) is 14.1. The first-order valence-corrected chi connectivity index (χ1v) is 8.47. The lowest BCUT2D eigenvalue weighted by molar-refractivity contribution is 0.0870. The largest absolute Gasteiger partial charge is 0.450 e. The van der Waals surface area contributed by atoms with Crippen molar-refractivity contribution >= 4 is 27.6 Å². The minimum Gasteiger partial charge on any atom is -0.450 e. The van der Waals surface area contributed by atoms with Crippen LogP contribution in [0.5, 0.6) is 0 Å². The highest BCUT2D eigenvalue weighted by atomic mass is 16.3. The van der Waals surface area contributed by atoms with Gasteiger partial charge < -0.3 is 15.5 Å². The Hall–Kier alpha value is -2.33. The van der Waals surface area contributed by atoms with Gasteiger partial charge >= 0.3 is 0 Å². The zero-order chi connectivity index (χ0) is 16.9. The van der Waals surface area contributed by atoms with Crippen LogP contribution in [0.1, 0.15) is 35.9 Å². The summed E-state index contributed by atoms with van der Waals surface area (Å²) in [6, 6.07) is 12.1. The van der Waals surface area contributed by atoms with Gasteiger partial charge in [0.2, 0.25) is 0 Å². The molecule has 24 heavy (non-hydrogen) atoms. The van der Waals surface area contributed by atoms with Crippen molar-refractivity contribution in [2.45, 2.75) is 32.2 Å². The molecular formula is C20H22N2O2. The molecule has 1 atom stereocenters. The molecule has 1 aliphatic rings. The second-order valence-corrected chi connectivity index (χ2v) is 7.07. The average molecular weight is 322 g/mol. The van der Waals surface area contributed by atoms with Crippen LogP contribution in [0.15, 0.2) is 40.8 Å². The molecule has 124 valence electrons. The molecule has 0 saturated heterocycles. The maximum absolute atomic E-state index is 12.8. The van der Waals surface area contributed by atoms with Crippen LogP contribution < -0.4 is 11.1 Å². The van der Waals surface area contributed by atoms with Crippen molar-refractivity contribution < 1.29 is 9.21 Å². The van der Waals surface area contributed by atoms with Crippen LogP contribution in [0.3, 0.4) is 0 Å². The van der Waals surface area contributed by atoms with Crippen LogP contribution in [0.25, 0.3) is 21.7 Å². The molecule has 1 amide bonds. The van der Waals surface area contributed by atoms with Crippen LogP contribution in [-0.4, -0.2) is 18.0 Å². The number of fused-ring (bicyclic) bond motifs is 3. The maximum Gasteiger partial charge on any atom is 0.287 e. The SMILES string of the molecule is Cc1c(C(=O)NC(C)(CN)C2CC2)oc2c1ccc1ccccc12. The number of rotatable bonds is 4. The summed E-state index contributed by atoms with van der Waals surface area (Å²) in [5, 5.41) is 6.23. The van der Waals surface area contributed by atoms with Gasteiger partial charge in [0, 0.05) is 22.9 Å². The molecule has 0 spiro atoms. The Morgan fingerprint density at radius 3 is 2.71 bits per heavy atom. The van der Waals surface area contributed by atoms with E-state index < -0.39 is 0 Å². The zero-order valence-electron chi connectivity index (χ0n) is 14.1. The van der Waals surface area contributed by atoms with Crippen LogP contribution >= 0.6 is 0 Å². The molecule has 2 aromatic carbocycles. The summed E-state index contributed by atoms with van der Waals surface area (Å²) in [5.74, 6) is 0.686. The van der Waals surface area contributed by atoms with E-state index in [1.807, 2.05) is 44.2 Å². The van der Waals surface area contributed by atoms with Crippen molar-refractivity contribution in [1.29, 1.82) is 0 Å². The summed E-state index contributed by atoms with van der Waals surface area (Å²) in [7, 11) is 0. The van der Waals surface area contributed by atoms with E-state index in [-0.39, 0.29) is 11.4 Å². The molecule has 4 nitrogen and oxygen atoms in total. The van der Waals surface area contributed by atoms with E-state index in [1.54, 1.807) is 0 Å². The molecule has 4 heteroatoms. The molecule has 1 aromatic heterocycles. The quantitative estimate of drug-likeness (QED) is 0.768. The van der Waals surface area contributed by atoms with Gasteiger partial charge in [0.05, 0.1) is 5.54 Å². The predicted molar refractivity (Wildman–Crippen MR) is 96.1 cm³/mol. The lowest BCUT2D eigenvalue weighted by atomic mass is 9.95. The third-order valence-corrected chi connectivity index (χ3v) is 5.34. The van der Waals surface area contributed by atoms with Crippen LogP contribution in [0.2, 0.25) is 0 Å². The number of aryl methyl sites for hydroxylation is 1. The molecule has 0 bridgehead atoms. The third kappa shape index (κ3) is 2.29. The summed E-state index contributed by atoms with van der Waals surface area (Å²) in [4.78, 5) is 12.8.